The third-order valence-corrected chi connectivity index (χ3v) is 11.0. The number of aryl methyl sites for hydroxylation is 2. The van der Waals surface area contributed by atoms with Gasteiger partial charge >= 0.3 is 0 Å². The lowest BCUT2D eigenvalue weighted by atomic mass is 10.2. The molecule has 0 unspecified atom stereocenters. The Morgan fingerprint density at radius 1 is 0.848 bits per heavy atom. The van der Waals surface area contributed by atoms with E-state index in [1.54, 1.807) is 9.34 Å². The molecule has 0 aromatic heterocycles. The molecule has 2 amide bonds. The fourth-order valence-corrected chi connectivity index (χ4v) is 8.62. The topological polar surface area (TPSA) is 62.3 Å². The minimum atomic E-state index is -2.80. The average Bonchev–Trinajstić information content (AvgIpc) is 3.16. The maximum atomic E-state index is 13.2. The van der Waals surface area contributed by atoms with Crippen LogP contribution in [0.5, 0.6) is 11.5 Å². The number of para-hydroxylation sites is 2. The van der Waals surface area contributed by atoms with Gasteiger partial charge in [-0.3, -0.25) is 18.9 Å². The molecule has 1 heterocycles. The molecule has 0 spiro atoms. The van der Waals surface area contributed by atoms with E-state index in [2.05, 4.69) is 0 Å². The van der Waals surface area contributed by atoms with Gasteiger partial charge in [0.2, 0.25) is 0 Å². The Bertz CT molecular complexity index is 970. The molecule has 0 radical (unpaired) electrons. The van der Waals surface area contributed by atoms with E-state index >= 15 is 0 Å². The second-order valence-corrected chi connectivity index (χ2v) is 11.8. The number of nitrogens with zero attached hydrogens (tertiary/aromatic N) is 3. The van der Waals surface area contributed by atoms with Crippen molar-refractivity contribution in [2.24, 2.45) is 0 Å². The first-order valence-electron chi connectivity index (χ1n) is 11.2. The SMILES string of the molecule is CCN(CC)P1(=S)N(C(=O)COc2ccccc2C)CCN1C(=O)COc1ccccc1C. The van der Waals surface area contributed by atoms with Crippen molar-refractivity contribution < 1.29 is 19.1 Å². The van der Waals surface area contributed by atoms with Crippen molar-refractivity contribution in [1.82, 2.24) is 14.0 Å². The van der Waals surface area contributed by atoms with Gasteiger partial charge in [0.25, 0.3) is 11.8 Å². The van der Waals surface area contributed by atoms with Crippen LogP contribution in [0.1, 0.15) is 25.0 Å². The number of benzene rings is 2. The van der Waals surface area contributed by atoms with Crippen LogP contribution >= 0.6 is 6.49 Å². The zero-order valence-corrected chi connectivity index (χ0v) is 21.4. The van der Waals surface area contributed by atoms with Gasteiger partial charge in [-0.05, 0) is 48.9 Å². The fraction of sp³-hybridized carbons (Fsp3) is 0.417. The molecule has 0 N–H and O–H groups in total. The maximum absolute atomic E-state index is 13.2. The Balaban J connectivity index is 1.77. The fourth-order valence-electron chi connectivity index (χ4n) is 3.88. The lowest BCUT2D eigenvalue weighted by Gasteiger charge is -2.41. The van der Waals surface area contributed by atoms with E-state index in [0.717, 1.165) is 11.1 Å². The van der Waals surface area contributed by atoms with Crippen LogP contribution in [-0.2, 0) is 21.4 Å². The highest BCUT2D eigenvalue weighted by Gasteiger charge is 2.47. The lowest BCUT2D eigenvalue weighted by Crippen LogP contribution is -2.40. The predicted octanol–water partition coefficient (Wildman–Crippen LogP) is 4.00. The molecule has 3 rings (SSSR count). The highest BCUT2D eigenvalue weighted by Crippen LogP contribution is 2.60. The van der Waals surface area contributed by atoms with Gasteiger partial charge < -0.3 is 9.47 Å². The summed E-state index contributed by atoms with van der Waals surface area (Å²) in [5.74, 6) is 0.925. The molecule has 2 aromatic carbocycles. The van der Waals surface area contributed by atoms with Crippen LogP contribution in [0.4, 0.5) is 0 Å². The standard InChI is InChI=1S/C24H32N3O4PS/c1-5-25(6-2)32(33)26(23(28)17-30-21-13-9-7-11-19(21)3)15-16-27(32)24(29)18-31-22-14-10-8-12-20(22)4/h7-14H,5-6,15-18H2,1-4H3. The quantitative estimate of drug-likeness (QED) is 0.497. The first-order chi connectivity index (χ1) is 15.8. The smallest absolute Gasteiger partial charge is 0.266 e. The van der Waals surface area contributed by atoms with Crippen LogP contribution in [0.2, 0.25) is 0 Å². The summed E-state index contributed by atoms with van der Waals surface area (Å²) in [6, 6.07) is 15.1. The number of ether oxygens (including phenoxy) is 2. The molecule has 33 heavy (non-hydrogen) atoms. The summed E-state index contributed by atoms with van der Waals surface area (Å²) in [6.45, 7) is 6.87. The van der Waals surface area contributed by atoms with Crippen molar-refractivity contribution in [2.45, 2.75) is 27.7 Å². The van der Waals surface area contributed by atoms with Gasteiger partial charge in [-0.15, -0.1) is 0 Å². The number of carbonyl (C=O) groups excluding carboxylic acids is 2. The van der Waals surface area contributed by atoms with Crippen LogP contribution in [0.25, 0.3) is 0 Å². The van der Waals surface area contributed by atoms with E-state index in [-0.39, 0.29) is 25.0 Å². The monoisotopic (exact) mass is 489 g/mol. The number of hydrogen-bond acceptors (Lipinski definition) is 5. The number of rotatable bonds is 9. The third kappa shape index (κ3) is 5.40. The summed E-state index contributed by atoms with van der Waals surface area (Å²) >= 11 is 6.13. The lowest BCUT2D eigenvalue weighted by molar-refractivity contribution is -0.128. The molecule has 1 saturated heterocycles. The van der Waals surface area contributed by atoms with E-state index < -0.39 is 6.49 Å². The summed E-state index contributed by atoms with van der Waals surface area (Å²) in [5.41, 5.74) is 1.92. The van der Waals surface area contributed by atoms with Gasteiger partial charge in [-0.2, -0.15) is 0 Å². The molecular weight excluding hydrogens is 457 g/mol. The Kier molecular flexibility index (Phi) is 8.51. The molecule has 1 aliphatic rings. The van der Waals surface area contributed by atoms with Crippen LogP contribution in [0.3, 0.4) is 0 Å². The first kappa shape index (κ1) is 25.2. The van der Waals surface area contributed by atoms with E-state index in [0.29, 0.717) is 37.7 Å². The Morgan fingerprint density at radius 2 is 1.24 bits per heavy atom. The van der Waals surface area contributed by atoms with Crippen LogP contribution in [0.15, 0.2) is 48.5 Å². The van der Waals surface area contributed by atoms with Gasteiger partial charge in [-0.1, -0.05) is 50.2 Å². The normalized spacial score (nSPS) is 15.1. The minimum Gasteiger partial charge on any atom is -0.483 e. The zero-order valence-electron chi connectivity index (χ0n) is 19.7. The summed E-state index contributed by atoms with van der Waals surface area (Å²) < 4.78 is 17.0. The second kappa shape index (κ2) is 11.1. The van der Waals surface area contributed by atoms with E-state index in [4.69, 9.17) is 21.3 Å². The molecule has 2 aromatic rings. The van der Waals surface area contributed by atoms with Crippen LogP contribution in [0, 0.1) is 13.8 Å². The molecule has 9 heteroatoms. The van der Waals surface area contributed by atoms with Gasteiger partial charge in [0.15, 0.2) is 19.7 Å². The molecule has 178 valence electrons. The average molecular weight is 490 g/mol. The number of amides is 2. The van der Waals surface area contributed by atoms with Gasteiger partial charge in [0.1, 0.15) is 11.5 Å². The van der Waals surface area contributed by atoms with Crippen molar-refractivity contribution in [3.63, 3.8) is 0 Å². The Labute approximate surface area is 201 Å². The van der Waals surface area contributed by atoms with Crippen LogP contribution in [-0.4, -0.2) is 65.2 Å². The van der Waals surface area contributed by atoms with Gasteiger partial charge in [0.05, 0.1) is 0 Å². The molecule has 0 aliphatic carbocycles. The Hall–Kier alpha value is -2.41. The van der Waals surface area contributed by atoms with Gasteiger partial charge in [-0.25, -0.2) is 4.67 Å². The summed E-state index contributed by atoms with van der Waals surface area (Å²) in [5, 5.41) is 0. The van der Waals surface area contributed by atoms with Crippen molar-refractivity contribution in [3.05, 3.63) is 59.7 Å². The third-order valence-electron chi connectivity index (χ3n) is 5.72. The number of hydrogen-bond donors (Lipinski definition) is 0. The van der Waals surface area contributed by atoms with E-state index in [1.807, 2.05) is 80.9 Å². The molecule has 7 nitrogen and oxygen atoms in total. The summed E-state index contributed by atoms with van der Waals surface area (Å²) in [7, 11) is 0. The highest BCUT2D eigenvalue weighted by atomic mass is 32.4. The predicted molar refractivity (Wildman–Crippen MR) is 134 cm³/mol. The highest BCUT2D eigenvalue weighted by molar-refractivity contribution is 8.11. The molecule has 0 atom stereocenters. The number of carbonyl (C=O) groups is 2. The first-order valence-corrected chi connectivity index (χ1v) is 13.8. The molecule has 0 bridgehead atoms. The molecule has 1 aliphatic heterocycles. The van der Waals surface area contributed by atoms with E-state index in [9.17, 15) is 9.59 Å². The minimum absolute atomic E-state index is 0.119. The van der Waals surface area contributed by atoms with Gasteiger partial charge in [0, 0.05) is 26.2 Å². The maximum Gasteiger partial charge on any atom is 0.266 e. The second-order valence-electron chi connectivity index (χ2n) is 7.79. The van der Waals surface area contributed by atoms with Crippen LogP contribution < -0.4 is 9.47 Å². The largest absolute Gasteiger partial charge is 0.483 e. The molecular formula is C24H32N3O4PS. The van der Waals surface area contributed by atoms with Crippen molar-refractivity contribution in [2.75, 3.05) is 39.4 Å². The van der Waals surface area contributed by atoms with Crippen molar-refractivity contribution >= 4 is 30.1 Å². The zero-order chi connectivity index (χ0) is 24.0. The van der Waals surface area contributed by atoms with E-state index in [1.165, 1.54) is 0 Å². The molecule has 0 saturated carbocycles. The van der Waals surface area contributed by atoms with Crippen molar-refractivity contribution in [1.29, 1.82) is 0 Å². The summed E-state index contributed by atoms with van der Waals surface area (Å²) in [6.07, 6.45) is 0. The summed E-state index contributed by atoms with van der Waals surface area (Å²) in [4.78, 5) is 26.5. The molecule has 1 fully saturated rings. The van der Waals surface area contributed by atoms with Crippen molar-refractivity contribution in [3.8, 4) is 11.5 Å². The Morgan fingerprint density at radius 3 is 1.61 bits per heavy atom.